The van der Waals surface area contributed by atoms with Crippen LogP contribution in [-0.4, -0.2) is 19.2 Å². The second-order valence-electron chi connectivity index (χ2n) is 5.25. The fourth-order valence-corrected chi connectivity index (χ4v) is 1.96. The number of rotatable bonds is 5. The Morgan fingerprint density at radius 1 is 1.18 bits per heavy atom. The highest BCUT2D eigenvalue weighted by Gasteiger charge is 2.05. The van der Waals surface area contributed by atoms with E-state index in [0.29, 0.717) is 17.2 Å². The lowest BCUT2D eigenvalue weighted by Gasteiger charge is -2.05. The zero-order valence-electron chi connectivity index (χ0n) is 13.0. The number of methoxy groups -OCH3 is 1. The Kier molecular flexibility index (Phi) is 5.31. The first-order chi connectivity index (χ1) is 10.6. The summed E-state index contributed by atoms with van der Waals surface area (Å²) in [5.74, 6) is 0.869. The molecule has 0 bridgehead atoms. The van der Waals surface area contributed by atoms with E-state index >= 15 is 0 Å². The van der Waals surface area contributed by atoms with Gasteiger partial charge in [-0.15, -0.1) is 0 Å². The van der Waals surface area contributed by atoms with Crippen LogP contribution in [0.15, 0.2) is 53.6 Å². The number of ether oxygens (including phenoxy) is 1. The van der Waals surface area contributed by atoms with E-state index in [9.17, 15) is 4.79 Å². The zero-order chi connectivity index (χ0) is 15.9. The minimum Gasteiger partial charge on any atom is -0.497 e. The number of carbonyl (C=O) groups is 1. The number of amides is 1. The molecule has 22 heavy (non-hydrogen) atoms. The molecule has 0 unspecified atom stereocenters. The standard InChI is InChI=1S/C18H20N2O2/c1-13(2)15-9-7-14(8-10-15)12-19-20-18(21)16-5-4-6-17(11-16)22-3/h4-13H,1-3H3,(H,20,21)/b19-12+. The molecule has 0 aliphatic rings. The molecule has 0 spiro atoms. The van der Waals surface area contributed by atoms with Crippen molar-refractivity contribution >= 4 is 12.1 Å². The van der Waals surface area contributed by atoms with Crippen LogP contribution in [0.1, 0.15) is 41.3 Å². The quantitative estimate of drug-likeness (QED) is 0.677. The fourth-order valence-electron chi connectivity index (χ4n) is 1.96. The molecule has 1 N–H and O–H groups in total. The monoisotopic (exact) mass is 296 g/mol. The van der Waals surface area contributed by atoms with E-state index in [2.05, 4.69) is 36.5 Å². The second kappa shape index (κ2) is 7.41. The highest BCUT2D eigenvalue weighted by atomic mass is 16.5. The van der Waals surface area contributed by atoms with E-state index in [1.807, 2.05) is 12.1 Å². The Morgan fingerprint density at radius 3 is 2.55 bits per heavy atom. The predicted octanol–water partition coefficient (Wildman–Crippen LogP) is 3.58. The lowest BCUT2D eigenvalue weighted by Crippen LogP contribution is -2.17. The lowest BCUT2D eigenvalue weighted by atomic mass is 10.0. The van der Waals surface area contributed by atoms with E-state index in [-0.39, 0.29) is 5.91 Å². The SMILES string of the molecule is COc1cccc(C(=O)N/N=C/c2ccc(C(C)C)cc2)c1. The second-order valence-corrected chi connectivity index (χ2v) is 5.25. The third kappa shape index (κ3) is 4.19. The summed E-state index contributed by atoms with van der Waals surface area (Å²) < 4.78 is 5.09. The van der Waals surface area contributed by atoms with Crippen LogP contribution in [0.4, 0.5) is 0 Å². The van der Waals surface area contributed by atoms with Crippen molar-refractivity contribution in [1.29, 1.82) is 0 Å². The van der Waals surface area contributed by atoms with Crippen molar-refractivity contribution in [3.63, 3.8) is 0 Å². The smallest absolute Gasteiger partial charge is 0.271 e. The summed E-state index contributed by atoms with van der Waals surface area (Å²) in [5, 5.41) is 3.98. The Labute approximate surface area is 130 Å². The van der Waals surface area contributed by atoms with E-state index in [1.54, 1.807) is 37.6 Å². The van der Waals surface area contributed by atoms with Crippen molar-refractivity contribution in [2.45, 2.75) is 19.8 Å². The van der Waals surface area contributed by atoms with Crippen LogP contribution in [0, 0.1) is 0 Å². The van der Waals surface area contributed by atoms with Gasteiger partial charge >= 0.3 is 0 Å². The number of benzene rings is 2. The van der Waals surface area contributed by atoms with Crippen LogP contribution in [0.3, 0.4) is 0 Å². The van der Waals surface area contributed by atoms with Gasteiger partial charge in [0.25, 0.3) is 5.91 Å². The first kappa shape index (κ1) is 15.8. The summed E-state index contributed by atoms with van der Waals surface area (Å²) in [7, 11) is 1.57. The van der Waals surface area contributed by atoms with Crippen molar-refractivity contribution in [1.82, 2.24) is 5.43 Å². The molecule has 114 valence electrons. The molecule has 0 aliphatic carbocycles. The Bertz CT molecular complexity index is 661. The molecule has 0 saturated carbocycles. The van der Waals surface area contributed by atoms with Crippen molar-refractivity contribution in [2.24, 2.45) is 5.10 Å². The maximum Gasteiger partial charge on any atom is 0.271 e. The first-order valence-electron chi connectivity index (χ1n) is 7.17. The van der Waals surface area contributed by atoms with Gasteiger partial charge in [-0.25, -0.2) is 5.43 Å². The maximum absolute atomic E-state index is 12.0. The Morgan fingerprint density at radius 2 is 1.91 bits per heavy atom. The van der Waals surface area contributed by atoms with Crippen molar-refractivity contribution < 1.29 is 9.53 Å². The lowest BCUT2D eigenvalue weighted by molar-refractivity contribution is 0.0955. The molecule has 0 radical (unpaired) electrons. The molecule has 2 aromatic carbocycles. The topological polar surface area (TPSA) is 50.7 Å². The van der Waals surface area contributed by atoms with E-state index in [4.69, 9.17) is 4.74 Å². The van der Waals surface area contributed by atoms with Crippen LogP contribution in [0.2, 0.25) is 0 Å². The molecular formula is C18H20N2O2. The van der Waals surface area contributed by atoms with Gasteiger partial charge in [0.15, 0.2) is 0 Å². The van der Waals surface area contributed by atoms with Crippen LogP contribution in [0.5, 0.6) is 5.75 Å². The van der Waals surface area contributed by atoms with Crippen LogP contribution < -0.4 is 10.2 Å². The largest absolute Gasteiger partial charge is 0.497 e. The predicted molar refractivity (Wildman–Crippen MR) is 88.6 cm³/mol. The van der Waals surface area contributed by atoms with Gasteiger partial charge in [-0.3, -0.25) is 4.79 Å². The molecular weight excluding hydrogens is 276 g/mol. The van der Waals surface area contributed by atoms with E-state index < -0.39 is 0 Å². The van der Waals surface area contributed by atoms with Gasteiger partial charge in [0.2, 0.25) is 0 Å². The number of hydrogen-bond acceptors (Lipinski definition) is 3. The summed E-state index contributed by atoms with van der Waals surface area (Å²) in [6.45, 7) is 4.30. The number of nitrogens with zero attached hydrogens (tertiary/aromatic N) is 1. The molecule has 4 nitrogen and oxygen atoms in total. The van der Waals surface area contributed by atoms with Gasteiger partial charge in [0.1, 0.15) is 5.75 Å². The van der Waals surface area contributed by atoms with Gasteiger partial charge in [0, 0.05) is 5.56 Å². The molecule has 0 heterocycles. The third-order valence-corrected chi connectivity index (χ3v) is 3.31. The van der Waals surface area contributed by atoms with Gasteiger partial charge in [-0.2, -0.15) is 5.10 Å². The molecule has 0 aliphatic heterocycles. The number of nitrogens with one attached hydrogen (secondary N) is 1. The average molecular weight is 296 g/mol. The molecule has 0 fully saturated rings. The first-order valence-corrected chi connectivity index (χ1v) is 7.17. The average Bonchev–Trinajstić information content (AvgIpc) is 2.55. The molecule has 0 aromatic heterocycles. The molecule has 0 saturated heterocycles. The van der Waals surface area contributed by atoms with Crippen LogP contribution >= 0.6 is 0 Å². The molecule has 4 heteroatoms. The number of hydrogen-bond donors (Lipinski definition) is 1. The fraction of sp³-hybridized carbons (Fsp3) is 0.222. The van der Waals surface area contributed by atoms with Gasteiger partial charge in [-0.1, -0.05) is 44.2 Å². The van der Waals surface area contributed by atoms with Crippen molar-refractivity contribution in [3.8, 4) is 5.75 Å². The molecule has 1 amide bonds. The minimum atomic E-state index is -0.269. The van der Waals surface area contributed by atoms with Crippen molar-refractivity contribution in [2.75, 3.05) is 7.11 Å². The Hall–Kier alpha value is -2.62. The normalized spacial score (nSPS) is 10.9. The molecule has 2 rings (SSSR count). The summed E-state index contributed by atoms with van der Waals surface area (Å²) >= 11 is 0. The summed E-state index contributed by atoms with van der Waals surface area (Å²) in [6.07, 6.45) is 1.63. The van der Waals surface area contributed by atoms with Crippen LogP contribution in [-0.2, 0) is 0 Å². The molecule has 2 aromatic rings. The molecule has 0 atom stereocenters. The summed E-state index contributed by atoms with van der Waals surface area (Å²) in [4.78, 5) is 12.0. The van der Waals surface area contributed by atoms with E-state index in [1.165, 1.54) is 5.56 Å². The van der Waals surface area contributed by atoms with Gasteiger partial charge in [-0.05, 0) is 35.2 Å². The highest BCUT2D eigenvalue weighted by molar-refractivity contribution is 5.95. The zero-order valence-corrected chi connectivity index (χ0v) is 13.0. The Balaban J connectivity index is 1.97. The number of carbonyl (C=O) groups excluding carboxylic acids is 1. The minimum absolute atomic E-state index is 0.269. The third-order valence-electron chi connectivity index (χ3n) is 3.31. The van der Waals surface area contributed by atoms with Crippen molar-refractivity contribution in [3.05, 3.63) is 65.2 Å². The van der Waals surface area contributed by atoms with E-state index in [0.717, 1.165) is 5.56 Å². The maximum atomic E-state index is 12.0. The summed E-state index contributed by atoms with van der Waals surface area (Å²) in [6, 6.07) is 15.0. The van der Waals surface area contributed by atoms with Crippen LogP contribution in [0.25, 0.3) is 0 Å². The highest BCUT2D eigenvalue weighted by Crippen LogP contribution is 2.14. The number of hydrazone groups is 1. The van der Waals surface area contributed by atoms with Gasteiger partial charge in [0.05, 0.1) is 13.3 Å². The summed E-state index contributed by atoms with van der Waals surface area (Å²) in [5.41, 5.74) is 5.23. The van der Waals surface area contributed by atoms with Gasteiger partial charge < -0.3 is 4.74 Å².